The minimum absolute atomic E-state index is 0.00736. The van der Waals surface area contributed by atoms with Crippen LogP contribution in [0.3, 0.4) is 0 Å². The van der Waals surface area contributed by atoms with Gasteiger partial charge in [-0.05, 0) is 118 Å². The van der Waals surface area contributed by atoms with Crippen molar-refractivity contribution < 1.29 is 24.0 Å². The van der Waals surface area contributed by atoms with Crippen molar-refractivity contribution >= 4 is 58.4 Å². The lowest BCUT2D eigenvalue weighted by molar-refractivity contribution is -0.136. The first-order valence-electron chi connectivity index (χ1n) is 23.6. The number of piperazine rings is 1. The van der Waals surface area contributed by atoms with E-state index in [1.165, 1.54) is 11.3 Å². The second kappa shape index (κ2) is 16.4. The molecule has 11 rings (SSSR count). The van der Waals surface area contributed by atoms with E-state index in [1.807, 2.05) is 30.0 Å². The minimum Gasteiger partial charge on any atom is -0.371 e. The van der Waals surface area contributed by atoms with Gasteiger partial charge in [-0.25, -0.2) is 15.0 Å². The number of carbonyl (C=O) groups excluding carboxylic acids is 5. The van der Waals surface area contributed by atoms with Crippen molar-refractivity contribution in [2.24, 2.45) is 5.41 Å². The molecule has 2 aromatic carbocycles. The Morgan fingerprint density at radius 1 is 0.746 bits per heavy atom. The molecular formula is C51H55N11O5. The quantitative estimate of drug-likeness (QED) is 0.181. The van der Waals surface area contributed by atoms with Crippen molar-refractivity contribution in [3.63, 3.8) is 0 Å². The highest BCUT2D eigenvalue weighted by atomic mass is 16.2. The van der Waals surface area contributed by atoms with Crippen molar-refractivity contribution in [3.8, 4) is 11.3 Å². The van der Waals surface area contributed by atoms with Gasteiger partial charge in [0.05, 0.1) is 16.8 Å². The molecule has 16 heteroatoms. The summed E-state index contributed by atoms with van der Waals surface area (Å²) < 4.78 is 2.23. The lowest BCUT2D eigenvalue weighted by atomic mass is 9.90. The van der Waals surface area contributed by atoms with E-state index in [-0.39, 0.29) is 30.1 Å². The number of rotatable bonds is 8. The number of benzene rings is 2. The van der Waals surface area contributed by atoms with Gasteiger partial charge in [-0.1, -0.05) is 13.8 Å². The number of aromatic nitrogens is 4. The average molecular weight is 902 g/mol. The van der Waals surface area contributed by atoms with Gasteiger partial charge in [0.2, 0.25) is 17.8 Å². The van der Waals surface area contributed by atoms with Gasteiger partial charge >= 0.3 is 0 Å². The first-order chi connectivity index (χ1) is 32.3. The Kier molecular flexibility index (Phi) is 10.5. The number of hydrogen-bond donors (Lipinski definition) is 2. The highest BCUT2D eigenvalue weighted by molar-refractivity contribution is 6.23. The Balaban J connectivity index is 0.690. The molecule has 0 saturated carbocycles. The molecule has 16 nitrogen and oxygen atoms in total. The number of carbonyl (C=O) groups is 5. The molecule has 3 fully saturated rings. The van der Waals surface area contributed by atoms with E-state index in [2.05, 4.69) is 86.0 Å². The van der Waals surface area contributed by atoms with Crippen molar-refractivity contribution in [1.82, 2.24) is 34.6 Å². The number of amides is 5. The Hall–Kier alpha value is -6.94. The fraction of sp³-hybridized carbons (Fsp3) is 0.412. The zero-order valence-corrected chi connectivity index (χ0v) is 38.4. The molecule has 344 valence electrons. The molecule has 0 radical (unpaired) electrons. The van der Waals surface area contributed by atoms with Crippen LogP contribution in [0.15, 0.2) is 73.1 Å². The van der Waals surface area contributed by atoms with Gasteiger partial charge in [-0.15, -0.1) is 0 Å². The summed E-state index contributed by atoms with van der Waals surface area (Å²) >= 11 is 0. The Morgan fingerprint density at radius 2 is 1.51 bits per heavy atom. The number of nitrogens with zero attached hydrogens (tertiary/aromatic N) is 9. The number of nitrogens with one attached hydrogen (secondary N) is 2. The van der Waals surface area contributed by atoms with Gasteiger partial charge in [0.25, 0.3) is 17.7 Å². The highest BCUT2D eigenvalue weighted by Gasteiger charge is 2.45. The Labute approximate surface area is 389 Å². The predicted molar refractivity (Wildman–Crippen MR) is 254 cm³/mol. The van der Waals surface area contributed by atoms with Crippen LogP contribution in [0, 0.1) is 12.3 Å². The van der Waals surface area contributed by atoms with Gasteiger partial charge in [-0.2, -0.15) is 0 Å². The topological polar surface area (TPSA) is 169 Å². The van der Waals surface area contributed by atoms with E-state index in [0.717, 1.165) is 109 Å². The number of hydrogen-bond acceptors (Lipinski definition) is 12. The number of fused-ring (bicyclic) bond motifs is 4. The lowest BCUT2D eigenvalue weighted by Gasteiger charge is -2.46. The molecule has 5 aromatic rings. The van der Waals surface area contributed by atoms with E-state index < -0.39 is 23.8 Å². The van der Waals surface area contributed by atoms with Crippen LogP contribution in [0.25, 0.3) is 11.3 Å². The molecule has 67 heavy (non-hydrogen) atoms. The zero-order valence-electron chi connectivity index (χ0n) is 38.4. The largest absolute Gasteiger partial charge is 0.371 e. The molecule has 2 atom stereocenters. The number of imide groups is 2. The van der Waals surface area contributed by atoms with Gasteiger partial charge in [0.1, 0.15) is 17.6 Å². The predicted octanol–water partition coefficient (Wildman–Crippen LogP) is 5.76. The Bertz CT molecular complexity index is 2870. The summed E-state index contributed by atoms with van der Waals surface area (Å²) in [7, 11) is 0. The fourth-order valence-electron chi connectivity index (χ4n) is 11.5. The summed E-state index contributed by atoms with van der Waals surface area (Å²) in [5, 5.41) is 5.66. The van der Waals surface area contributed by atoms with E-state index in [0.29, 0.717) is 41.5 Å². The first-order valence-corrected chi connectivity index (χ1v) is 23.6. The van der Waals surface area contributed by atoms with Crippen LogP contribution in [0.2, 0.25) is 0 Å². The summed E-state index contributed by atoms with van der Waals surface area (Å²) in [6.07, 6.45) is 7.70. The van der Waals surface area contributed by atoms with E-state index in [1.54, 1.807) is 24.5 Å². The summed E-state index contributed by atoms with van der Waals surface area (Å²) in [6, 6.07) is 19.5. The van der Waals surface area contributed by atoms with Gasteiger partial charge < -0.3 is 19.7 Å². The average Bonchev–Trinajstić information content (AvgIpc) is 3.91. The lowest BCUT2D eigenvalue weighted by Crippen LogP contribution is -2.57. The van der Waals surface area contributed by atoms with Gasteiger partial charge in [-0.3, -0.25) is 44.0 Å². The molecule has 5 amide bonds. The second-order valence-electron chi connectivity index (χ2n) is 19.8. The molecule has 6 aliphatic rings. The van der Waals surface area contributed by atoms with Crippen LogP contribution in [-0.4, -0.2) is 116 Å². The molecule has 0 spiro atoms. The molecular weight excluding hydrogens is 847 g/mol. The third kappa shape index (κ3) is 7.60. The van der Waals surface area contributed by atoms with Crippen LogP contribution in [0.4, 0.5) is 28.8 Å². The van der Waals surface area contributed by atoms with Gasteiger partial charge in [0, 0.05) is 111 Å². The minimum atomic E-state index is -0.975. The molecule has 5 aliphatic heterocycles. The number of piperidine rings is 2. The first kappa shape index (κ1) is 42.7. The normalized spacial score (nSPS) is 22.0. The number of pyridine rings is 1. The van der Waals surface area contributed by atoms with Crippen LogP contribution >= 0.6 is 0 Å². The van der Waals surface area contributed by atoms with E-state index in [9.17, 15) is 24.0 Å². The monoisotopic (exact) mass is 901 g/mol. The number of anilines is 5. The summed E-state index contributed by atoms with van der Waals surface area (Å²) in [4.78, 5) is 89.1. The summed E-state index contributed by atoms with van der Waals surface area (Å²) in [5.41, 5.74) is 9.69. The summed E-state index contributed by atoms with van der Waals surface area (Å²) in [5.74, 6) is -0.823. The van der Waals surface area contributed by atoms with Crippen molar-refractivity contribution in [3.05, 3.63) is 107 Å². The van der Waals surface area contributed by atoms with Gasteiger partial charge in [0.15, 0.2) is 0 Å². The molecule has 8 heterocycles. The van der Waals surface area contributed by atoms with Crippen molar-refractivity contribution in [1.29, 1.82) is 0 Å². The van der Waals surface area contributed by atoms with Crippen molar-refractivity contribution in [2.75, 3.05) is 59.3 Å². The van der Waals surface area contributed by atoms with Crippen LogP contribution in [0.5, 0.6) is 0 Å². The molecule has 3 saturated heterocycles. The summed E-state index contributed by atoms with van der Waals surface area (Å²) in [6.45, 7) is 14.7. The van der Waals surface area contributed by atoms with Crippen molar-refractivity contribution in [2.45, 2.75) is 90.9 Å². The van der Waals surface area contributed by atoms with Crippen LogP contribution < -0.4 is 25.3 Å². The third-order valence-corrected chi connectivity index (χ3v) is 14.9. The maximum Gasteiger partial charge on any atom is 0.276 e. The maximum absolute atomic E-state index is 13.9. The van der Waals surface area contributed by atoms with Crippen LogP contribution in [-0.2, 0) is 29.0 Å². The highest BCUT2D eigenvalue weighted by Crippen LogP contribution is 2.40. The standard InChI is InChI=1S/C51H55N11O5/c1-30-29-58(34-15-19-57(20-16-34)36-9-10-38-39(26-36)48(66)62(47(38)65)41-11-12-44(63)56-46(41)64)21-22-59(30)35-7-5-33(6-8-35)54-50-53-18-14-40(55-50)37-13-17-52-45(31(37)2)61-24-23-60-42(49(61)67)25-32-27-51(3,4)28-43(32)60/h5-10,13-14,17-18,25-26,30,34,41H,11-12,15-16,19-24,27-29H2,1-4H3,(H,53,54,55)(H,56,63,64)/t30-,41?/m0/s1. The fourth-order valence-corrected chi connectivity index (χ4v) is 11.5. The molecule has 3 aromatic heterocycles. The maximum atomic E-state index is 13.9. The third-order valence-electron chi connectivity index (χ3n) is 14.9. The SMILES string of the molecule is Cc1c(-c2ccnc(Nc3ccc(N4CCN(C5CCN(c6ccc7c(c6)C(=O)N(C6CCC(=O)NC6=O)C7=O)CC5)C[C@@H]4C)cc3)n2)ccnc1N1CCn2c(cc3c2CC(C)(C)C3)C1=O. The smallest absolute Gasteiger partial charge is 0.276 e. The second-order valence-corrected chi connectivity index (χ2v) is 19.8. The molecule has 1 aliphatic carbocycles. The molecule has 1 unspecified atom stereocenters. The zero-order chi connectivity index (χ0) is 46.3. The molecule has 0 bridgehead atoms. The van der Waals surface area contributed by atoms with E-state index in [4.69, 9.17) is 9.97 Å². The van der Waals surface area contributed by atoms with Crippen LogP contribution in [0.1, 0.15) is 94.5 Å². The molecule has 2 N–H and O–H groups in total. The Morgan fingerprint density at radius 3 is 2.28 bits per heavy atom. The van der Waals surface area contributed by atoms with E-state index >= 15 is 0 Å².